The standard InChI is InChI=1S/C21H24N4O3/c1-16(15-26)22-19(27)14-25-21(28)24(13-12-17-8-4-2-5-9-17)20(23-25)18-10-6-3-7-11-18/h2-11,16,26H,12-15H2,1H3,(H,22,27)/t16-/m0/s1. The molecule has 7 heteroatoms. The van der Waals surface area contributed by atoms with Crippen molar-refractivity contribution >= 4 is 5.91 Å². The number of aliphatic hydroxyl groups is 1. The molecular weight excluding hydrogens is 356 g/mol. The summed E-state index contributed by atoms with van der Waals surface area (Å²) in [6.07, 6.45) is 0.681. The number of aromatic nitrogens is 3. The van der Waals surface area contributed by atoms with Gasteiger partial charge in [0.2, 0.25) is 5.91 Å². The Morgan fingerprint density at radius 3 is 2.39 bits per heavy atom. The fourth-order valence-corrected chi connectivity index (χ4v) is 2.93. The van der Waals surface area contributed by atoms with Gasteiger partial charge in [-0.1, -0.05) is 60.7 Å². The quantitative estimate of drug-likeness (QED) is 0.619. The van der Waals surface area contributed by atoms with Gasteiger partial charge in [0.25, 0.3) is 0 Å². The third kappa shape index (κ3) is 4.75. The molecule has 3 rings (SSSR count). The number of aryl methyl sites for hydroxylation is 1. The molecule has 1 amide bonds. The van der Waals surface area contributed by atoms with E-state index in [0.29, 0.717) is 18.8 Å². The molecule has 0 spiro atoms. The number of amides is 1. The first-order valence-electron chi connectivity index (χ1n) is 9.25. The van der Waals surface area contributed by atoms with E-state index in [1.165, 1.54) is 4.68 Å². The molecule has 0 unspecified atom stereocenters. The molecule has 0 aliphatic carbocycles. The van der Waals surface area contributed by atoms with Gasteiger partial charge in [0, 0.05) is 18.2 Å². The molecule has 7 nitrogen and oxygen atoms in total. The van der Waals surface area contributed by atoms with Gasteiger partial charge in [-0.05, 0) is 18.9 Å². The number of aliphatic hydroxyl groups excluding tert-OH is 1. The lowest BCUT2D eigenvalue weighted by Gasteiger charge is -2.09. The average Bonchev–Trinajstić information content (AvgIpc) is 3.03. The van der Waals surface area contributed by atoms with Crippen molar-refractivity contribution in [3.63, 3.8) is 0 Å². The number of hydrogen-bond donors (Lipinski definition) is 2. The molecule has 146 valence electrons. The monoisotopic (exact) mass is 380 g/mol. The van der Waals surface area contributed by atoms with Crippen LogP contribution in [0, 0.1) is 0 Å². The van der Waals surface area contributed by atoms with E-state index < -0.39 is 0 Å². The zero-order valence-corrected chi connectivity index (χ0v) is 15.8. The van der Waals surface area contributed by atoms with Crippen molar-refractivity contribution in [2.45, 2.75) is 32.5 Å². The average molecular weight is 380 g/mol. The minimum absolute atomic E-state index is 0.165. The lowest BCUT2D eigenvalue weighted by Crippen LogP contribution is -2.39. The summed E-state index contributed by atoms with van der Waals surface area (Å²) < 4.78 is 2.78. The van der Waals surface area contributed by atoms with Gasteiger partial charge in [-0.3, -0.25) is 9.36 Å². The highest BCUT2D eigenvalue weighted by Crippen LogP contribution is 2.15. The number of nitrogens with one attached hydrogen (secondary N) is 1. The van der Waals surface area contributed by atoms with Gasteiger partial charge >= 0.3 is 5.69 Å². The van der Waals surface area contributed by atoms with Crippen LogP contribution in [0.5, 0.6) is 0 Å². The lowest BCUT2D eigenvalue weighted by molar-refractivity contribution is -0.122. The van der Waals surface area contributed by atoms with E-state index in [1.54, 1.807) is 11.5 Å². The van der Waals surface area contributed by atoms with Crippen molar-refractivity contribution in [1.82, 2.24) is 19.7 Å². The third-order valence-corrected chi connectivity index (χ3v) is 4.40. The molecule has 0 radical (unpaired) electrons. The Hall–Kier alpha value is -3.19. The summed E-state index contributed by atoms with van der Waals surface area (Å²) in [6.45, 7) is 1.79. The zero-order chi connectivity index (χ0) is 19.9. The molecule has 3 aromatic rings. The molecule has 28 heavy (non-hydrogen) atoms. The van der Waals surface area contributed by atoms with Gasteiger partial charge in [0.1, 0.15) is 6.54 Å². The maximum absolute atomic E-state index is 12.9. The highest BCUT2D eigenvalue weighted by atomic mass is 16.3. The molecule has 0 saturated heterocycles. The number of benzene rings is 2. The second kappa shape index (κ2) is 9.14. The molecule has 1 heterocycles. The lowest BCUT2D eigenvalue weighted by atomic mass is 10.1. The van der Waals surface area contributed by atoms with Crippen molar-refractivity contribution < 1.29 is 9.90 Å². The van der Waals surface area contributed by atoms with Gasteiger partial charge < -0.3 is 10.4 Å². The van der Waals surface area contributed by atoms with Crippen molar-refractivity contribution in [1.29, 1.82) is 0 Å². The number of hydrogen-bond acceptors (Lipinski definition) is 4. The van der Waals surface area contributed by atoms with Crippen LogP contribution in [-0.4, -0.2) is 38.0 Å². The van der Waals surface area contributed by atoms with Gasteiger partial charge in [0.15, 0.2) is 5.82 Å². The minimum atomic E-state index is -0.378. The van der Waals surface area contributed by atoms with E-state index in [2.05, 4.69) is 10.4 Å². The maximum atomic E-state index is 12.9. The van der Waals surface area contributed by atoms with Gasteiger partial charge in [-0.15, -0.1) is 5.10 Å². The molecule has 1 atom stereocenters. The molecule has 2 aromatic carbocycles. The van der Waals surface area contributed by atoms with Gasteiger partial charge in [-0.2, -0.15) is 0 Å². The van der Waals surface area contributed by atoms with Gasteiger partial charge in [-0.25, -0.2) is 9.48 Å². The maximum Gasteiger partial charge on any atom is 0.346 e. The minimum Gasteiger partial charge on any atom is -0.394 e. The van der Waals surface area contributed by atoms with E-state index in [0.717, 1.165) is 11.1 Å². The Morgan fingerprint density at radius 2 is 1.75 bits per heavy atom. The smallest absolute Gasteiger partial charge is 0.346 e. The van der Waals surface area contributed by atoms with Crippen molar-refractivity contribution in [3.05, 3.63) is 76.7 Å². The van der Waals surface area contributed by atoms with Crippen LogP contribution < -0.4 is 11.0 Å². The first-order chi connectivity index (χ1) is 13.6. The molecule has 1 aromatic heterocycles. The topological polar surface area (TPSA) is 89.2 Å². The summed E-state index contributed by atoms with van der Waals surface area (Å²) in [7, 11) is 0. The Bertz CT molecular complexity index is 964. The SMILES string of the molecule is C[C@@H](CO)NC(=O)Cn1nc(-c2ccccc2)n(CCc2ccccc2)c1=O. The molecule has 0 fully saturated rings. The molecule has 0 aliphatic rings. The van der Waals surface area contributed by atoms with Gasteiger partial charge in [0.05, 0.1) is 6.61 Å². The zero-order valence-electron chi connectivity index (χ0n) is 15.8. The summed E-state index contributed by atoms with van der Waals surface area (Å²) in [5.74, 6) is 0.167. The van der Waals surface area contributed by atoms with Crippen molar-refractivity contribution in [2.75, 3.05) is 6.61 Å². The summed E-state index contributed by atoms with van der Waals surface area (Å²) in [4.78, 5) is 25.0. The first kappa shape index (κ1) is 19.6. The third-order valence-electron chi connectivity index (χ3n) is 4.40. The molecule has 0 saturated carbocycles. The van der Waals surface area contributed by atoms with Crippen LogP contribution >= 0.6 is 0 Å². The largest absolute Gasteiger partial charge is 0.394 e. The number of carbonyl (C=O) groups excluding carboxylic acids is 1. The molecule has 2 N–H and O–H groups in total. The van der Waals surface area contributed by atoms with Crippen LogP contribution in [0.15, 0.2) is 65.5 Å². The Balaban J connectivity index is 1.89. The highest BCUT2D eigenvalue weighted by molar-refractivity contribution is 5.76. The molecule has 0 bridgehead atoms. The second-order valence-electron chi connectivity index (χ2n) is 6.67. The highest BCUT2D eigenvalue weighted by Gasteiger charge is 2.17. The Kier molecular flexibility index (Phi) is 6.39. The Morgan fingerprint density at radius 1 is 1.11 bits per heavy atom. The number of carbonyl (C=O) groups is 1. The van der Waals surface area contributed by atoms with Crippen LogP contribution in [0.3, 0.4) is 0 Å². The predicted molar refractivity (Wildman–Crippen MR) is 107 cm³/mol. The fourth-order valence-electron chi connectivity index (χ4n) is 2.93. The Labute approximate surface area is 163 Å². The van der Waals surface area contributed by atoms with E-state index in [1.807, 2.05) is 60.7 Å². The van der Waals surface area contributed by atoms with Crippen LogP contribution in [0.2, 0.25) is 0 Å². The van der Waals surface area contributed by atoms with Crippen molar-refractivity contribution in [2.24, 2.45) is 0 Å². The van der Waals surface area contributed by atoms with E-state index in [4.69, 9.17) is 5.11 Å². The fraction of sp³-hybridized carbons (Fsp3) is 0.286. The van der Waals surface area contributed by atoms with Crippen molar-refractivity contribution in [3.8, 4) is 11.4 Å². The van der Waals surface area contributed by atoms with E-state index in [9.17, 15) is 9.59 Å². The summed E-state index contributed by atoms with van der Waals surface area (Å²) in [5.41, 5.74) is 1.60. The van der Waals surface area contributed by atoms with E-state index >= 15 is 0 Å². The first-order valence-corrected chi connectivity index (χ1v) is 9.25. The molecule has 0 aliphatic heterocycles. The second-order valence-corrected chi connectivity index (χ2v) is 6.67. The summed E-state index contributed by atoms with van der Waals surface area (Å²) in [6, 6.07) is 19.0. The number of nitrogens with zero attached hydrogens (tertiary/aromatic N) is 3. The number of rotatable bonds is 8. The normalized spacial score (nSPS) is 11.9. The summed E-state index contributed by atoms with van der Waals surface area (Å²) in [5, 5.41) is 16.1. The van der Waals surface area contributed by atoms with Crippen LogP contribution in [-0.2, 0) is 24.3 Å². The van der Waals surface area contributed by atoms with Crippen LogP contribution in [0.1, 0.15) is 12.5 Å². The van der Waals surface area contributed by atoms with Crippen LogP contribution in [0.4, 0.5) is 0 Å². The van der Waals surface area contributed by atoms with E-state index in [-0.39, 0.29) is 30.8 Å². The summed E-state index contributed by atoms with van der Waals surface area (Å²) >= 11 is 0. The molecular formula is C21H24N4O3. The van der Waals surface area contributed by atoms with Crippen LogP contribution in [0.25, 0.3) is 11.4 Å². The predicted octanol–water partition coefficient (Wildman–Crippen LogP) is 1.45.